The van der Waals surface area contributed by atoms with Gasteiger partial charge in [0.2, 0.25) is 5.43 Å². The van der Waals surface area contributed by atoms with Crippen LogP contribution in [0.4, 0.5) is 14.9 Å². The molecule has 0 atom stereocenters. The molecule has 8 heteroatoms. The van der Waals surface area contributed by atoms with Gasteiger partial charge in [0.05, 0.1) is 18.1 Å². The zero-order valence-electron chi connectivity index (χ0n) is 12.9. The predicted octanol–water partition coefficient (Wildman–Crippen LogP) is 2.45. The maximum Gasteiger partial charge on any atom is 0.409 e. The molecule has 0 saturated heterocycles. The summed E-state index contributed by atoms with van der Waals surface area (Å²) >= 11 is 0. The largest absolute Gasteiger partial charge is 0.465 e. The van der Waals surface area contributed by atoms with Gasteiger partial charge in [-0.15, -0.1) is 0 Å². The van der Waals surface area contributed by atoms with Crippen molar-refractivity contribution in [2.75, 3.05) is 5.32 Å². The Labute approximate surface area is 141 Å². The van der Waals surface area contributed by atoms with E-state index in [0.717, 1.165) is 6.20 Å². The van der Waals surface area contributed by atoms with Gasteiger partial charge in [-0.1, -0.05) is 12.1 Å². The van der Waals surface area contributed by atoms with E-state index in [1.165, 1.54) is 29.2 Å². The van der Waals surface area contributed by atoms with Crippen LogP contribution < -0.4 is 10.7 Å². The van der Waals surface area contributed by atoms with Crippen molar-refractivity contribution in [2.45, 2.75) is 6.42 Å². The molecule has 0 aliphatic carbocycles. The highest BCUT2D eigenvalue weighted by Gasteiger charge is 2.07. The van der Waals surface area contributed by atoms with E-state index in [2.05, 4.69) is 15.4 Å². The lowest BCUT2D eigenvalue weighted by molar-refractivity contribution is 0.210. The van der Waals surface area contributed by atoms with Crippen LogP contribution in [0, 0.1) is 5.82 Å². The second kappa shape index (κ2) is 6.91. The third kappa shape index (κ3) is 4.05. The van der Waals surface area contributed by atoms with Crippen molar-refractivity contribution in [1.82, 2.24) is 14.8 Å². The highest BCUT2D eigenvalue weighted by atomic mass is 19.1. The fourth-order valence-electron chi connectivity index (χ4n) is 2.32. The first-order chi connectivity index (χ1) is 12.0. The number of benzene rings is 1. The van der Waals surface area contributed by atoms with Crippen LogP contribution in [0.25, 0.3) is 5.69 Å². The first kappa shape index (κ1) is 16.3. The number of hydrogen-bond donors (Lipinski definition) is 2. The summed E-state index contributed by atoms with van der Waals surface area (Å²) in [5, 5.41) is 15.2. The number of carboxylic acid groups (broad SMARTS) is 1. The smallest absolute Gasteiger partial charge is 0.409 e. The van der Waals surface area contributed by atoms with Crippen LogP contribution in [0.3, 0.4) is 0 Å². The van der Waals surface area contributed by atoms with Crippen molar-refractivity contribution in [3.8, 4) is 5.69 Å². The summed E-state index contributed by atoms with van der Waals surface area (Å²) in [5.74, 6) is -0.507. The fraction of sp³-hybridized carbons (Fsp3) is 0.0588. The number of carbonyl (C=O) groups is 1. The zero-order chi connectivity index (χ0) is 17.8. The molecule has 2 aromatic heterocycles. The molecule has 1 amide bonds. The van der Waals surface area contributed by atoms with Gasteiger partial charge in [0.15, 0.2) is 0 Å². The SMILES string of the molecule is O=C(O)Nc1cccc(Cc2nn(-c3cncc(F)c3)ccc2=O)c1. The Hall–Kier alpha value is -3.55. The number of aromatic nitrogens is 3. The second-order valence-corrected chi connectivity index (χ2v) is 5.24. The van der Waals surface area contributed by atoms with Gasteiger partial charge in [-0.3, -0.25) is 15.1 Å². The average Bonchev–Trinajstić information content (AvgIpc) is 2.56. The van der Waals surface area contributed by atoms with E-state index in [1.54, 1.807) is 24.3 Å². The summed E-state index contributed by atoms with van der Waals surface area (Å²) in [6.07, 6.45) is 2.98. The molecule has 3 rings (SSSR count). The molecule has 0 saturated carbocycles. The van der Waals surface area contributed by atoms with Crippen LogP contribution in [0.1, 0.15) is 11.3 Å². The third-order valence-corrected chi connectivity index (χ3v) is 3.38. The molecular weight excluding hydrogens is 327 g/mol. The molecule has 126 valence electrons. The Balaban J connectivity index is 1.91. The van der Waals surface area contributed by atoms with Crippen LogP contribution in [-0.2, 0) is 6.42 Å². The molecule has 1 aromatic carbocycles. The minimum absolute atomic E-state index is 0.206. The highest BCUT2D eigenvalue weighted by molar-refractivity contribution is 5.82. The van der Waals surface area contributed by atoms with Crippen molar-refractivity contribution in [1.29, 1.82) is 0 Å². The molecule has 0 radical (unpaired) electrons. The molecule has 0 aliphatic heterocycles. The summed E-state index contributed by atoms with van der Waals surface area (Å²) in [7, 11) is 0. The highest BCUT2D eigenvalue weighted by Crippen LogP contribution is 2.13. The van der Waals surface area contributed by atoms with Gasteiger partial charge in [0, 0.05) is 30.4 Å². The molecule has 0 spiro atoms. The van der Waals surface area contributed by atoms with Crippen molar-refractivity contribution in [2.24, 2.45) is 0 Å². The third-order valence-electron chi connectivity index (χ3n) is 3.38. The standard InChI is InChI=1S/C17H13FN4O3/c18-12-8-14(10-19-9-12)22-5-4-16(23)15(21-22)7-11-2-1-3-13(6-11)20-17(24)25/h1-6,8-10,20H,7H2,(H,24,25). The molecule has 25 heavy (non-hydrogen) atoms. The maximum atomic E-state index is 13.3. The summed E-state index contributed by atoms with van der Waals surface area (Å²) < 4.78 is 14.7. The van der Waals surface area contributed by atoms with E-state index in [4.69, 9.17) is 5.11 Å². The lowest BCUT2D eigenvalue weighted by Gasteiger charge is -2.08. The predicted molar refractivity (Wildman–Crippen MR) is 88.5 cm³/mol. The molecule has 3 aromatic rings. The molecule has 0 fully saturated rings. The number of rotatable bonds is 4. The van der Waals surface area contributed by atoms with Crippen molar-refractivity contribution < 1.29 is 14.3 Å². The quantitative estimate of drug-likeness (QED) is 0.760. The number of nitrogens with zero attached hydrogens (tertiary/aromatic N) is 3. The number of pyridine rings is 1. The van der Waals surface area contributed by atoms with Crippen LogP contribution in [0.2, 0.25) is 0 Å². The Bertz CT molecular complexity index is 987. The Morgan fingerprint density at radius 1 is 1.24 bits per heavy atom. The topological polar surface area (TPSA) is 97.1 Å². The van der Waals surface area contributed by atoms with Crippen molar-refractivity contribution >= 4 is 11.8 Å². The minimum atomic E-state index is -1.17. The Morgan fingerprint density at radius 2 is 2.08 bits per heavy atom. The maximum absolute atomic E-state index is 13.3. The van der Waals surface area contributed by atoms with Gasteiger partial charge < -0.3 is 5.11 Å². The van der Waals surface area contributed by atoms with E-state index >= 15 is 0 Å². The summed E-state index contributed by atoms with van der Waals surface area (Å²) in [4.78, 5) is 26.5. The van der Waals surface area contributed by atoms with Crippen LogP contribution in [0.15, 0.2) is 59.8 Å². The van der Waals surface area contributed by atoms with E-state index in [-0.39, 0.29) is 17.5 Å². The molecule has 0 aliphatic rings. The molecule has 2 heterocycles. The number of amides is 1. The minimum Gasteiger partial charge on any atom is -0.465 e. The van der Waals surface area contributed by atoms with Crippen molar-refractivity contribution in [3.05, 3.63) is 82.3 Å². The van der Waals surface area contributed by atoms with Gasteiger partial charge in [0.1, 0.15) is 11.5 Å². The number of anilines is 1. The van der Waals surface area contributed by atoms with Crippen molar-refractivity contribution in [3.63, 3.8) is 0 Å². The molecule has 2 N–H and O–H groups in total. The summed E-state index contributed by atoms with van der Waals surface area (Å²) in [6, 6.07) is 9.26. The van der Waals surface area contributed by atoms with E-state index in [1.807, 2.05) is 0 Å². The lowest BCUT2D eigenvalue weighted by atomic mass is 10.1. The number of hydrogen-bond acceptors (Lipinski definition) is 4. The zero-order valence-corrected chi connectivity index (χ0v) is 12.9. The van der Waals surface area contributed by atoms with Gasteiger partial charge in [0.25, 0.3) is 0 Å². The molecule has 0 unspecified atom stereocenters. The number of halogens is 1. The van der Waals surface area contributed by atoms with Gasteiger partial charge >= 0.3 is 6.09 Å². The van der Waals surface area contributed by atoms with Crippen LogP contribution >= 0.6 is 0 Å². The second-order valence-electron chi connectivity index (χ2n) is 5.24. The monoisotopic (exact) mass is 340 g/mol. The Morgan fingerprint density at radius 3 is 2.84 bits per heavy atom. The van der Waals surface area contributed by atoms with Crippen LogP contribution in [0.5, 0.6) is 0 Å². The molecule has 0 bridgehead atoms. The molecular formula is C17H13FN4O3. The average molecular weight is 340 g/mol. The van der Waals surface area contributed by atoms with Crippen LogP contribution in [-0.4, -0.2) is 26.0 Å². The van der Waals surface area contributed by atoms with E-state index in [0.29, 0.717) is 16.9 Å². The first-order valence-corrected chi connectivity index (χ1v) is 7.30. The van der Waals surface area contributed by atoms with E-state index < -0.39 is 11.9 Å². The van der Waals surface area contributed by atoms with Gasteiger partial charge in [-0.25, -0.2) is 13.9 Å². The van der Waals surface area contributed by atoms with E-state index in [9.17, 15) is 14.0 Å². The number of nitrogens with one attached hydrogen (secondary N) is 1. The first-order valence-electron chi connectivity index (χ1n) is 7.30. The lowest BCUT2D eigenvalue weighted by Crippen LogP contribution is -2.16. The fourth-order valence-corrected chi connectivity index (χ4v) is 2.32. The van der Waals surface area contributed by atoms with Gasteiger partial charge in [-0.05, 0) is 17.7 Å². The normalized spacial score (nSPS) is 10.4. The Kier molecular flexibility index (Phi) is 4.51. The van der Waals surface area contributed by atoms with Gasteiger partial charge in [-0.2, -0.15) is 5.10 Å². The summed E-state index contributed by atoms with van der Waals surface area (Å²) in [6.45, 7) is 0. The molecule has 7 nitrogen and oxygen atoms in total. The summed E-state index contributed by atoms with van der Waals surface area (Å²) in [5.41, 5.74) is 1.49.